The number of halogens is 4. The van der Waals surface area contributed by atoms with Gasteiger partial charge in [0, 0.05) is 20.1 Å². The minimum absolute atomic E-state index is 0. The number of aliphatic imine (C=N–C) groups is 1. The second-order valence-electron chi connectivity index (χ2n) is 3.88. The summed E-state index contributed by atoms with van der Waals surface area (Å²) in [4.78, 5) is 5.70. The molecule has 0 radical (unpaired) electrons. The molecule has 2 N–H and O–H groups in total. The molecular weight excluding hydrogens is 370 g/mol. The summed E-state index contributed by atoms with van der Waals surface area (Å²) in [6.07, 6.45) is -4.30. The second kappa shape index (κ2) is 7.56. The molecule has 0 saturated heterocycles. The number of guanidine groups is 1. The van der Waals surface area contributed by atoms with Crippen LogP contribution in [0, 0.1) is 0 Å². The molecule has 0 spiro atoms. The van der Waals surface area contributed by atoms with Crippen molar-refractivity contribution in [3.05, 3.63) is 35.4 Å². The van der Waals surface area contributed by atoms with Crippen LogP contribution >= 0.6 is 24.0 Å². The molecule has 0 fully saturated rings. The van der Waals surface area contributed by atoms with Crippen molar-refractivity contribution in [2.45, 2.75) is 19.6 Å². The smallest absolute Gasteiger partial charge is 0.370 e. The van der Waals surface area contributed by atoms with Crippen molar-refractivity contribution >= 4 is 29.9 Å². The minimum atomic E-state index is -4.30. The number of benzene rings is 1. The van der Waals surface area contributed by atoms with Gasteiger partial charge in [0.15, 0.2) is 5.96 Å². The van der Waals surface area contributed by atoms with Gasteiger partial charge in [-0.2, -0.15) is 13.2 Å². The Balaban J connectivity index is 0.00000324. The van der Waals surface area contributed by atoms with Crippen molar-refractivity contribution in [1.29, 1.82) is 0 Å². The molecule has 3 nitrogen and oxygen atoms in total. The predicted octanol–water partition coefficient (Wildman–Crippen LogP) is 3.09. The molecule has 1 rings (SSSR count). The monoisotopic (exact) mass is 387 g/mol. The molecule has 0 amide bonds. The van der Waals surface area contributed by atoms with E-state index in [0.29, 0.717) is 19.0 Å². The van der Waals surface area contributed by atoms with Crippen molar-refractivity contribution in [2.75, 3.05) is 13.6 Å². The predicted molar refractivity (Wildman–Crippen MR) is 80.5 cm³/mol. The standard InChI is InChI=1S/C12H16F3N3.HI/c1-3-17-11(16)18(2)8-9-4-6-10(7-5-9)12(13,14)15;/h4-7H,3,8H2,1-2H3,(H2,16,17);1H. The molecule has 0 aliphatic heterocycles. The van der Waals surface area contributed by atoms with Gasteiger partial charge in [0.25, 0.3) is 0 Å². The first-order chi connectivity index (χ1) is 8.34. The highest BCUT2D eigenvalue weighted by Gasteiger charge is 2.29. The van der Waals surface area contributed by atoms with Crippen molar-refractivity contribution in [2.24, 2.45) is 10.7 Å². The molecule has 108 valence electrons. The number of alkyl halides is 3. The molecule has 0 bridgehead atoms. The van der Waals surface area contributed by atoms with Crippen molar-refractivity contribution in [3.63, 3.8) is 0 Å². The fraction of sp³-hybridized carbons (Fsp3) is 0.417. The maximum Gasteiger partial charge on any atom is 0.416 e. The van der Waals surface area contributed by atoms with Crippen LogP contribution in [0.3, 0.4) is 0 Å². The molecular formula is C12H17F3IN3. The van der Waals surface area contributed by atoms with E-state index in [-0.39, 0.29) is 24.0 Å². The van der Waals surface area contributed by atoms with Gasteiger partial charge in [-0.25, -0.2) is 0 Å². The first-order valence-corrected chi connectivity index (χ1v) is 5.51. The van der Waals surface area contributed by atoms with E-state index in [1.54, 1.807) is 11.9 Å². The zero-order valence-electron chi connectivity index (χ0n) is 10.7. The lowest BCUT2D eigenvalue weighted by molar-refractivity contribution is -0.137. The molecule has 1 aromatic rings. The van der Waals surface area contributed by atoms with E-state index in [1.807, 2.05) is 6.92 Å². The van der Waals surface area contributed by atoms with E-state index in [0.717, 1.165) is 17.7 Å². The Kier molecular flexibility index (Phi) is 7.17. The lowest BCUT2D eigenvalue weighted by atomic mass is 10.1. The zero-order chi connectivity index (χ0) is 13.8. The van der Waals surface area contributed by atoms with Crippen molar-refractivity contribution in [1.82, 2.24) is 4.90 Å². The summed E-state index contributed by atoms with van der Waals surface area (Å²) in [5.74, 6) is 0.373. The Hall–Kier alpha value is -0.990. The van der Waals surface area contributed by atoms with Crippen molar-refractivity contribution in [3.8, 4) is 0 Å². The van der Waals surface area contributed by atoms with Crippen LogP contribution in [0.4, 0.5) is 13.2 Å². The molecule has 0 heterocycles. The number of hydrogen-bond donors (Lipinski definition) is 1. The second-order valence-corrected chi connectivity index (χ2v) is 3.88. The van der Waals surface area contributed by atoms with Crippen LogP contribution < -0.4 is 5.73 Å². The minimum Gasteiger partial charge on any atom is -0.370 e. The van der Waals surface area contributed by atoms with Gasteiger partial charge in [0.2, 0.25) is 0 Å². The van der Waals surface area contributed by atoms with Crippen LogP contribution in [-0.4, -0.2) is 24.5 Å². The average molecular weight is 387 g/mol. The summed E-state index contributed by atoms with van der Waals surface area (Å²) in [7, 11) is 1.74. The van der Waals surface area contributed by atoms with Crippen LogP contribution in [-0.2, 0) is 12.7 Å². The summed E-state index contributed by atoms with van der Waals surface area (Å²) < 4.78 is 37.1. The van der Waals surface area contributed by atoms with Crippen LogP contribution in [0.2, 0.25) is 0 Å². The highest BCUT2D eigenvalue weighted by atomic mass is 127. The third kappa shape index (κ3) is 5.66. The fourth-order valence-corrected chi connectivity index (χ4v) is 1.44. The zero-order valence-corrected chi connectivity index (χ0v) is 13.1. The third-order valence-corrected chi connectivity index (χ3v) is 2.41. The molecule has 1 aromatic carbocycles. The van der Waals surface area contributed by atoms with Crippen LogP contribution in [0.25, 0.3) is 0 Å². The molecule has 0 aliphatic rings. The van der Waals surface area contributed by atoms with Gasteiger partial charge in [-0.3, -0.25) is 4.99 Å². The van der Waals surface area contributed by atoms with E-state index < -0.39 is 11.7 Å². The average Bonchev–Trinajstić information content (AvgIpc) is 2.28. The van der Waals surface area contributed by atoms with Gasteiger partial charge in [-0.05, 0) is 24.6 Å². The Morgan fingerprint density at radius 2 is 1.79 bits per heavy atom. The maximum absolute atomic E-state index is 12.4. The summed E-state index contributed by atoms with van der Waals surface area (Å²) in [6.45, 7) is 2.86. The van der Waals surface area contributed by atoms with E-state index in [1.165, 1.54) is 12.1 Å². The number of nitrogens with two attached hydrogens (primary N) is 1. The molecule has 0 saturated carbocycles. The largest absolute Gasteiger partial charge is 0.416 e. The van der Waals surface area contributed by atoms with E-state index in [2.05, 4.69) is 4.99 Å². The van der Waals surface area contributed by atoms with E-state index >= 15 is 0 Å². The lowest BCUT2D eigenvalue weighted by Crippen LogP contribution is -2.33. The number of hydrogen-bond acceptors (Lipinski definition) is 1. The third-order valence-electron chi connectivity index (χ3n) is 2.41. The Morgan fingerprint density at radius 3 is 2.21 bits per heavy atom. The SMILES string of the molecule is CCN=C(N)N(C)Cc1ccc(C(F)(F)F)cc1.I. The van der Waals surface area contributed by atoms with Gasteiger partial charge >= 0.3 is 6.18 Å². The summed E-state index contributed by atoms with van der Waals surface area (Å²) in [5, 5.41) is 0. The summed E-state index contributed by atoms with van der Waals surface area (Å²) in [5.41, 5.74) is 5.77. The van der Waals surface area contributed by atoms with E-state index in [4.69, 9.17) is 5.73 Å². The fourth-order valence-electron chi connectivity index (χ4n) is 1.44. The topological polar surface area (TPSA) is 41.6 Å². The first-order valence-electron chi connectivity index (χ1n) is 5.51. The Labute approximate surface area is 127 Å². The van der Waals surface area contributed by atoms with Gasteiger partial charge in [-0.1, -0.05) is 12.1 Å². The van der Waals surface area contributed by atoms with Gasteiger partial charge in [0.05, 0.1) is 5.56 Å². The molecule has 0 aromatic heterocycles. The Morgan fingerprint density at radius 1 is 1.26 bits per heavy atom. The molecule has 19 heavy (non-hydrogen) atoms. The van der Waals surface area contributed by atoms with Crippen LogP contribution in [0.5, 0.6) is 0 Å². The molecule has 0 atom stereocenters. The number of nitrogens with zero attached hydrogens (tertiary/aromatic N) is 2. The molecule has 0 aliphatic carbocycles. The van der Waals surface area contributed by atoms with Gasteiger partial charge < -0.3 is 10.6 Å². The normalized spacial score (nSPS) is 11.9. The van der Waals surface area contributed by atoms with Gasteiger partial charge in [-0.15, -0.1) is 24.0 Å². The highest BCUT2D eigenvalue weighted by molar-refractivity contribution is 14.0. The van der Waals surface area contributed by atoms with Crippen LogP contribution in [0.15, 0.2) is 29.3 Å². The molecule has 0 unspecified atom stereocenters. The maximum atomic E-state index is 12.4. The van der Waals surface area contributed by atoms with Crippen LogP contribution in [0.1, 0.15) is 18.1 Å². The summed E-state index contributed by atoms with van der Waals surface area (Å²) >= 11 is 0. The summed E-state index contributed by atoms with van der Waals surface area (Å²) in [6, 6.07) is 5.02. The van der Waals surface area contributed by atoms with Crippen molar-refractivity contribution < 1.29 is 13.2 Å². The quantitative estimate of drug-likeness (QED) is 0.492. The Bertz CT molecular complexity index is 415. The van der Waals surface area contributed by atoms with Gasteiger partial charge in [0.1, 0.15) is 0 Å². The number of rotatable bonds is 3. The highest BCUT2D eigenvalue weighted by Crippen LogP contribution is 2.29. The lowest BCUT2D eigenvalue weighted by Gasteiger charge is -2.18. The first kappa shape index (κ1) is 18.0. The molecule has 7 heteroatoms. The van der Waals surface area contributed by atoms with E-state index in [9.17, 15) is 13.2 Å².